The summed E-state index contributed by atoms with van der Waals surface area (Å²) in [4.78, 5) is 30.2. The van der Waals surface area contributed by atoms with E-state index < -0.39 is 5.97 Å². The van der Waals surface area contributed by atoms with Gasteiger partial charge in [-0.1, -0.05) is 23.4 Å². The van der Waals surface area contributed by atoms with Gasteiger partial charge in [-0.15, -0.1) is 0 Å². The first-order valence-corrected chi connectivity index (χ1v) is 8.29. The Balaban J connectivity index is 1.63. The molecule has 8 heteroatoms. The third-order valence-electron chi connectivity index (χ3n) is 3.18. The molecule has 0 saturated heterocycles. The number of thioether (sulfide) groups is 1. The van der Waals surface area contributed by atoms with Gasteiger partial charge in [-0.25, -0.2) is 9.78 Å². The van der Waals surface area contributed by atoms with Crippen LogP contribution in [0.2, 0.25) is 5.02 Å². The Morgan fingerprint density at radius 2 is 1.96 bits per heavy atom. The van der Waals surface area contributed by atoms with E-state index in [1.54, 1.807) is 30.3 Å². The number of aromatic carboxylic acids is 1. The van der Waals surface area contributed by atoms with Crippen molar-refractivity contribution in [3.8, 4) is 0 Å². The van der Waals surface area contributed by atoms with Crippen LogP contribution in [0.15, 0.2) is 47.6 Å². The third-order valence-corrected chi connectivity index (χ3v) is 4.30. The zero-order valence-corrected chi connectivity index (χ0v) is 13.8. The molecular weight excluding hydrogens is 350 g/mol. The number of hydrogen-bond donors (Lipinski definition) is 3. The van der Waals surface area contributed by atoms with Crippen molar-refractivity contribution in [2.24, 2.45) is 0 Å². The average molecular weight is 362 g/mol. The predicted molar refractivity (Wildman–Crippen MR) is 93.9 cm³/mol. The average Bonchev–Trinajstić information content (AvgIpc) is 2.97. The maximum absolute atomic E-state index is 11.9. The second-order valence-electron chi connectivity index (χ2n) is 4.92. The number of aromatic amines is 1. The molecule has 2 aromatic carbocycles. The maximum atomic E-state index is 11.9. The molecule has 0 fully saturated rings. The van der Waals surface area contributed by atoms with Crippen LogP contribution in [0, 0.1) is 0 Å². The quantitative estimate of drug-likeness (QED) is 0.603. The van der Waals surface area contributed by atoms with Gasteiger partial charge in [0.1, 0.15) is 0 Å². The summed E-state index contributed by atoms with van der Waals surface area (Å²) in [7, 11) is 0. The summed E-state index contributed by atoms with van der Waals surface area (Å²) < 4.78 is 0. The van der Waals surface area contributed by atoms with Gasteiger partial charge >= 0.3 is 5.97 Å². The maximum Gasteiger partial charge on any atom is 0.335 e. The number of benzene rings is 2. The highest BCUT2D eigenvalue weighted by Crippen LogP contribution is 2.21. The largest absolute Gasteiger partial charge is 0.478 e. The number of carbonyl (C=O) groups excluding carboxylic acids is 1. The number of hydrogen-bond acceptors (Lipinski definition) is 4. The van der Waals surface area contributed by atoms with Crippen molar-refractivity contribution in [3.63, 3.8) is 0 Å². The van der Waals surface area contributed by atoms with Crippen LogP contribution < -0.4 is 5.32 Å². The Hall–Kier alpha value is -2.51. The number of imidazole rings is 1. The van der Waals surface area contributed by atoms with Crippen molar-refractivity contribution in [2.45, 2.75) is 5.16 Å². The molecule has 24 heavy (non-hydrogen) atoms. The highest BCUT2D eigenvalue weighted by Gasteiger charge is 2.10. The van der Waals surface area contributed by atoms with Crippen molar-refractivity contribution in [2.75, 3.05) is 11.1 Å². The lowest BCUT2D eigenvalue weighted by molar-refractivity contribution is -0.113. The number of carboxylic acid groups (broad SMARTS) is 1. The number of carboxylic acids is 1. The number of carbonyl (C=O) groups is 2. The van der Waals surface area contributed by atoms with Crippen LogP contribution in [0.4, 0.5) is 5.69 Å². The van der Waals surface area contributed by atoms with Crippen molar-refractivity contribution in [1.29, 1.82) is 0 Å². The number of aromatic nitrogens is 2. The summed E-state index contributed by atoms with van der Waals surface area (Å²) in [5, 5.41) is 12.9. The van der Waals surface area contributed by atoms with Crippen LogP contribution in [-0.2, 0) is 4.79 Å². The minimum Gasteiger partial charge on any atom is -0.478 e. The lowest BCUT2D eigenvalue weighted by Crippen LogP contribution is -2.13. The molecule has 3 rings (SSSR count). The second-order valence-corrected chi connectivity index (χ2v) is 6.32. The number of nitrogens with zero attached hydrogens (tertiary/aromatic N) is 1. The van der Waals surface area contributed by atoms with Crippen LogP contribution in [0.5, 0.6) is 0 Å². The topological polar surface area (TPSA) is 95.1 Å². The summed E-state index contributed by atoms with van der Waals surface area (Å²) in [6.45, 7) is 0. The SMILES string of the molecule is O=C(CSc1nc2cc(C(=O)O)ccc2[nH]1)Nc1ccc(Cl)cc1. The summed E-state index contributed by atoms with van der Waals surface area (Å²) in [5.74, 6) is -1.00. The number of rotatable bonds is 5. The predicted octanol–water partition coefficient (Wildman–Crippen LogP) is 3.65. The minimum atomic E-state index is -1.00. The van der Waals surface area contributed by atoms with E-state index in [2.05, 4.69) is 15.3 Å². The van der Waals surface area contributed by atoms with E-state index in [4.69, 9.17) is 16.7 Å². The molecule has 3 aromatic rings. The smallest absolute Gasteiger partial charge is 0.335 e. The van der Waals surface area contributed by atoms with E-state index in [9.17, 15) is 9.59 Å². The molecule has 122 valence electrons. The van der Waals surface area contributed by atoms with Gasteiger partial charge in [-0.2, -0.15) is 0 Å². The number of halogens is 1. The van der Waals surface area contributed by atoms with Crippen molar-refractivity contribution in [1.82, 2.24) is 9.97 Å². The Labute approximate surface area is 146 Å². The first-order chi connectivity index (χ1) is 11.5. The Bertz CT molecular complexity index is 909. The number of fused-ring (bicyclic) bond motifs is 1. The van der Waals surface area contributed by atoms with Gasteiger partial charge in [-0.05, 0) is 42.5 Å². The van der Waals surface area contributed by atoms with Gasteiger partial charge in [-0.3, -0.25) is 4.79 Å². The van der Waals surface area contributed by atoms with Crippen LogP contribution in [0.3, 0.4) is 0 Å². The van der Waals surface area contributed by atoms with E-state index >= 15 is 0 Å². The highest BCUT2D eigenvalue weighted by molar-refractivity contribution is 7.99. The fraction of sp³-hybridized carbons (Fsp3) is 0.0625. The van der Waals surface area contributed by atoms with Gasteiger partial charge in [0.05, 0.1) is 22.3 Å². The monoisotopic (exact) mass is 361 g/mol. The lowest BCUT2D eigenvalue weighted by Gasteiger charge is -2.03. The fourth-order valence-corrected chi connectivity index (χ4v) is 2.86. The molecule has 0 saturated carbocycles. The second kappa shape index (κ2) is 6.94. The Morgan fingerprint density at radius 3 is 2.67 bits per heavy atom. The minimum absolute atomic E-state index is 0.172. The summed E-state index contributed by atoms with van der Waals surface area (Å²) >= 11 is 7.03. The molecule has 0 unspecified atom stereocenters. The first-order valence-electron chi connectivity index (χ1n) is 6.92. The van der Waals surface area contributed by atoms with E-state index in [0.29, 0.717) is 21.4 Å². The molecule has 1 aromatic heterocycles. The summed E-state index contributed by atoms with van der Waals surface area (Å²) in [5.41, 5.74) is 2.11. The van der Waals surface area contributed by atoms with Crippen LogP contribution in [0.25, 0.3) is 11.0 Å². The molecule has 1 amide bonds. The highest BCUT2D eigenvalue weighted by atomic mass is 35.5. The molecular formula is C16H12ClN3O3S. The molecule has 0 aliphatic carbocycles. The van der Waals surface area contributed by atoms with Gasteiger partial charge in [0.25, 0.3) is 0 Å². The molecule has 3 N–H and O–H groups in total. The lowest BCUT2D eigenvalue weighted by atomic mass is 10.2. The third kappa shape index (κ3) is 3.87. The molecule has 0 aliphatic heterocycles. The van der Waals surface area contributed by atoms with Crippen LogP contribution >= 0.6 is 23.4 Å². The Morgan fingerprint density at radius 1 is 1.21 bits per heavy atom. The molecule has 6 nitrogen and oxygen atoms in total. The molecule has 0 atom stereocenters. The van der Waals surface area contributed by atoms with E-state index in [1.807, 2.05) is 0 Å². The zero-order chi connectivity index (χ0) is 17.1. The Kier molecular flexibility index (Phi) is 4.73. The number of H-pyrrole nitrogens is 1. The van der Waals surface area contributed by atoms with Gasteiger partial charge in [0.2, 0.25) is 5.91 Å². The molecule has 0 spiro atoms. The molecule has 0 aliphatic rings. The number of nitrogens with one attached hydrogen (secondary N) is 2. The van der Waals surface area contributed by atoms with Crippen LogP contribution in [0.1, 0.15) is 10.4 Å². The molecule has 1 heterocycles. The van der Waals surface area contributed by atoms with E-state index in [1.165, 1.54) is 23.9 Å². The van der Waals surface area contributed by atoms with Gasteiger partial charge < -0.3 is 15.4 Å². The van der Waals surface area contributed by atoms with Crippen molar-refractivity contribution >= 4 is 52.0 Å². The molecule has 0 radical (unpaired) electrons. The van der Waals surface area contributed by atoms with E-state index in [0.717, 1.165) is 5.52 Å². The first kappa shape index (κ1) is 16.4. The van der Waals surface area contributed by atoms with E-state index in [-0.39, 0.29) is 17.2 Å². The van der Waals surface area contributed by atoms with Crippen molar-refractivity contribution in [3.05, 3.63) is 53.1 Å². The zero-order valence-electron chi connectivity index (χ0n) is 12.2. The number of anilines is 1. The summed E-state index contributed by atoms with van der Waals surface area (Å²) in [6, 6.07) is 11.5. The number of amides is 1. The standard InChI is InChI=1S/C16H12ClN3O3S/c17-10-2-4-11(5-3-10)18-14(21)8-24-16-19-12-6-1-9(15(22)23)7-13(12)20-16/h1-7H,8H2,(H,18,21)(H,19,20)(H,22,23). The van der Waals surface area contributed by atoms with Crippen LogP contribution in [-0.4, -0.2) is 32.7 Å². The van der Waals surface area contributed by atoms with Crippen molar-refractivity contribution < 1.29 is 14.7 Å². The molecule has 0 bridgehead atoms. The normalized spacial score (nSPS) is 10.7. The fourth-order valence-electron chi connectivity index (χ4n) is 2.05. The van der Waals surface area contributed by atoms with Gasteiger partial charge in [0, 0.05) is 10.7 Å². The van der Waals surface area contributed by atoms with Gasteiger partial charge in [0.15, 0.2) is 5.16 Å². The summed E-state index contributed by atoms with van der Waals surface area (Å²) in [6.07, 6.45) is 0.